The van der Waals surface area contributed by atoms with Gasteiger partial charge in [0.25, 0.3) is 0 Å². The molecule has 0 amide bonds. The van der Waals surface area contributed by atoms with Gasteiger partial charge in [-0.1, -0.05) is 18.2 Å². The van der Waals surface area contributed by atoms with Crippen LogP contribution in [0, 0.1) is 0 Å². The molecule has 1 N–H and O–H groups in total. The van der Waals surface area contributed by atoms with Gasteiger partial charge < -0.3 is 15.0 Å². The molecule has 1 aromatic rings. The molecular weight excluding hydrogens is 224 g/mol. The second-order valence-corrected chi connectivity index (χ2v) is 4.93. The summed E-state index contributed by atoms with van der Waals surface area (Å²) in [6, 6.07) is 9.10. The average molecular weight is 248 g/mol. The number of hydrogen-bond donors (Lipinski definition) is 1. The predicted molar refractivity (Wildman–Crippen MR) is 75.0 cm³/mol. The number of para-hydroxylation sites is 1. The molecule has 1 aliphatic carbocycles. The molecule has 1 fully saturated rings. The summed E-state index contributed by atoms with van der Waals surface area (Å²) in [5.41, 5.74) is 1.24. The molecule has 3 nitrogen and oxygen atoms in total. The van der Waals surface area contributed by atoms with E-state index >= 15 is 0 Å². The molecule has 0 radical (unpaired) electrons. The van der Waals surface area contributed by atoms with Gasteiger partial charge >= 0.3 is 0 Å². The maximum atomic E-state index is 5.61. The first-order valence-corrected chi connectivity index (χ1v) is 6.93. The lowest BCUT2D eigenvalue weighted by Crippen LogP contribution is -2.30. The van der Waals surface area contributed by atoms with E-state index in [1.165, 1.54) is 18.4 Å². The van der Waals surface area contributed by atoms with E-state index in [4.69, 9.17) is 4.74 Å². The molecule has 3 heteroatoms. The number of nitrogens with zero attached hydrogens (tertiary/aromatic N) is 1. The third-order valence-corrected chi connectivity index (χ3v) is 3.40. The summed E-state index contributed by atoms with van der Waals surface area (Å²) in [6.07, 6.45) is 2.76. The van der Waals surface area contributed by atoms with Crippen LogP contribution < -0.4 is 10.1 Å². The third kappa shape index (κ3) is 4.00. The fourth-order valence-corrected chi connectivity index (χ4v) is 2.12. The Kier molecular flexibility index (Phi) is 5.02. The van der Waals surface area contributed by atoms with Crippen molar-refractivity contribution in [1.82, 2.24) is 10.2 Å². The van der Waals surface area contributed by atoms with Gasteiger partial charge in [0.15, 0.2) is 0 Å². The largest absolute Gasteiger partial charge is 0.494 e. The van der Waals surface area contributed by atoms with Gasteiger partial charge in [0.05, 0.1) is 6.61 Å². The number of ether oxygens (including phenoxy) is 1. The Bertz CT molecular complexity index is 363. The fraction of sp³-hybridized carbons (Fsp3) is 0.600. The SMILES string of the molecule is CCOc1ccccc1CNCCN(C)C1CC1. The Balaban J connectivity index is 1.71. The van der Waals surface area contributed by atoms with Crippen LogP contribution in [0.15, 0.2) is 24.3 Å². The molecule has 2 rings (SSSR count). The minimum Gasteiger partial charge on any atom is -0.494 e. The van der Waals surface area contributed by atoms with E-state index in [2.05, 4.69) is 29.4 Å². The fourth-order valence-electron chi connectivity index (χ4n) is 2.12. The zero-order chi connectivity index (χ0) is 12.8. The monoisotopic (exact) mass is 248 g/mol. The Labute approximate surface area is 110 Å². The van der Waals surface area contributed by atoms with Crippen molar-refractivity contribution < 1.29 is 4.74 Å². The topological polar surface area (TPSA) is 24.5 Å². The van der Waals surface area contributed by atoms with E-state index in [0.717, 1.165) is 38.0 Å². The van der Waals surface area contributed by atoms with Crippen molar-refractivity contribution in [3.05, 3.63) is 29.8 Å². The number of benzene rings is 1. The standard InChI is InChI=1S/C15H24N2O/c1-3-18-15-7-5-4-6-13(15)12-16-10-11-17(2)14-8-9-14/h4-7,14,16H,3,8-12H2,1-2H3. The molecule has 0 bridgehead atoms. The summed E-state index contributed by atoms with van der Waals surface area (Å²) in [5.74, 6) is 1.00. The van der Waals surface area contributed by atoms with Crippen LogP contribution in [0.3, 0.4) is 0 Å². The lowest BCUT2D eigenvalue weighted by atomic mass is 10.2. The normalized spacial score (nSPS) is 15.1. The molecular formula is C15H24N2O. The summed E-state index contributed by atoms with van der Waals surface area (Å²) in [5, 5.41) is 3.49. The number of nitrogens with one attached hydrogen (secondary N) is 1. The van der Waals surface area contributed by atoms with Crippen LogP contribution in [0.4, 0.5) is 0 Å². The van der Waals surface area contributed by atoms with Crippen molar-refractivity contribution in [2.45, 2.75) is 32.4 Å². The summed E-state index contributed by atoms with van der Waals surface area (Å²) in [7, 11) is 2.22. The summed E-state index contributed by atoms with van der Waals surface area (Å²) >= 11 is 0. The number of rotatable bonds is 8. The Morgan fingerprint density at radius 2 is 2.11 bits per heavy atom. The van der Waals surface area contributed by atoms with Gasteiger partial charge in [0, 0.05) is 31.2 Å². The first-order valence-electron chi connectivity index (χ1n) is 6.93. The Morgan fingerprint density at radius 3 is 2.83 bits per heavy atom. The highest BCUT2D eigenvalue weighted by molar-refractivity contribution is 5.33. The van der Waals surface area contributed by atoms with Crippen LogP contribution in [-0.4, -0.2) is 37.7 Å². The molecule has 0 saturated heterocycles. The van der Waals surface area contributed by atoms with E-state index in [9.17, 15) is 0 Å². The molecule has 0 aliphatic heterocycles. The van der Waals surface area contributed by atoms with E-state index in [0.29, 0.717) is 0 Å². The Hall–Kier alpha value is -1.06. The molecule has 0 heterocycles. The predicted octanol–water partition coefficient (Wildman–Crippen LogP) is 2.27. The highest BCUT2D eigenvalue weighted by atomic mass is 16.5. The molecule has 1 aliphatic rings. The maximum absolute atomic E-state index is 5.61. The summed E-state index contributed by atoms with van der Waals surface area (Å²) in [6.45, 7) is 5.79. The van der Waals surface area contributed by atoms with Crippen LogP contribution in [-0.2, 0) is 6.54 Å². The Morgan fingerprint density at radius 1 is 1.33 bits per heavy atom. The lowest BCUT2D eigenvalue weighted by molar-refractivity contribution is 0.318. The average Bonchev–Trinajstić information content (AvgIpc) is 3.21. The van der Waals surface area contributed by atoms with Crippen molar-refractivity contribution in [2.75, 3.05) is 26.7 Å². The molecule has 18 heavy (non-hydrogen) atoms. The zero-order valence-corrected chi connectivity index (χ0v) is 11.5. The van der Waals surface area contributed by atoms with Gasteiger partial charge in [-0.25, -0.2) is 0 Å². The van der Waals surface area contributed by atoms with Crippen molar-refractivity contribution in [2.24, 2.45) is 0 Å². The van der Waals surface area contributed by atoms with Gasteiger partial charge in [-0.3, -0.25) is 0 Å². The zero-order valence-electron chi connectivity index (χ0n) is 11.5. The molecule has 1 aromatic carbocycles. The highest BCUT2D eigenvalue weighted by Crippen LogP contribution is 2.24. The molecule has 0 atom stereocenters. The molecule has 0 unspecified atom stereocenters. The maximum Gasteiger partial charge on any atom is 0.123 e. The molecule has 1 saturated carbocycles. The van der Waals surface area contributed by atoms with Crippen LogP contribution in [0.2, 0.25) is 0 Å². The number of hydrogen-bond acceptors (Lipinski definition) is 3. The van der Waals surface area contributed by atoms with Crippen LogP contribution >= 0.6 is 0 Å². The van der Waals surface area contributed by atoms with Crippen LogP contribution in [0.5, 0.6) is 5.75 Å². The van der Waals surface area contributed by atoms with Crippen molar-refractivity contribution in [3.63, 3.8) is 0 Å². The quantitative estimate of drug-likeness (QED) is 0.714. The first kappa shape index (κ1) is 13.4. The molecule has 0 aromatic heterocycles. The van der Waals surface area contributed by atoms with E-state index < -0.39 is 0 Å². The number of likely N-dealkylation sites (N-methyl/N-ethyl adjacent to an activating group) is 1. The van der Waals surface area contributed by atoms with Gasteiger partial charge in [0.1, 0.15) is 5.75 Å². The van der Waals surface area contributed by atoms with Gasteiger partial charge in [0.2, 0.25) is 0 Å². The third-order valence-electron chi connectivity index (χ3n) is 3.40. The van der Waals surface area contributed by atoms with E-state index in [1.54, 1.807) is 0 Å². The summed E-state index contributed by atoms with van der Waals surface area (Å²) in [4.78, 5) is 2.45. The minimum atomic E-state index is 0.724. The second-order valence-electron chi connectivity index (χ2n) is 4.93. The van der Waals surface area contributed by atoms with Gasteiger partial charge in [-0.15, -0.1) is 0 Å². The second kappa shape index (κ2) is 6.76. The van der Waals surface area contributed by atoms with E-state index in [-0.39, 0.29) is 0 Å². The van der Waals surface area contributed by atoms with E-state index in [1.807, 2.05) is 19.1 Å². The van der Waals surface area contributed by atoms with Crippen molar-refractivity contribution in [3.8, 4) is 5.75 Å². The minimum absolute atomic E-state index is 0.724. The van der Waals surface area contributed by atoms with Crippen LogP contribution in [0.25, 0.3) is 0 Å². The molecule has 0 spiro atoms. The smallest absolute Gasteiger partial charge is 0.123 e. The highest BCUT2D eigenvalue weighted by Gasteiger charge is 2.25. The van der Waals surface area contributed by atoms with Crippen LogP contribution in [0.1, 0.15) is 25.3 Å². The van der Waals surface area contributed by atoms with Gasteiger partial charge in [-0.05, 0) is 32.9 Å². The summed E-state index contributed by atoms with van der Waals surface area (Å²) < 4.78 is 5.61. The molecule has 100 valence electrons. The van der Waals surface area contributed by atoms with Crippen molar-refractivity contribution in [1.29, 1.82) is 0 Å². The van der Waals surface area contributed by atoms with Crippen molar-refractivity contribution >= 4 is 0 Å². The van der Waals surface area contributed by atoms with Gasteiger partial charge in [-0.2, -0.15) is 0 Å². The first-order chi connectivity index (χ1) is 8.81. The lowest BCUT2D eigenvalue weighted by Gasteiger charge is -2.16.